The van der Waals surface area contributed by atoms with Crippen LogP contribution in [-0.2, 0) is 14.8 Å². The van der Waals surface area contributed by atoms with Crippen LogP contribution in [0.1, 0.15) is 0 Å². The van der Waals surface area contributed by atoms with E-state index in [0.717, 1.165) is 24.4 Å². The lowest BCUT2D eigenvalue weighted by Crippen LogP contribution is -2.49. The van der Waals surface area contributed by atoms with Crippen LogP contribution in [0.5, 0.6) is 0 Å². The van der Waals surface area contributed by atoms with Gasteiger partial charge in [-0.3, -0.25) is 4.79 Å². The number of amides is 1. The fourth-order valence-electron chi connectivity index (χ4n) is 1.49. The molecule has 2 rings (SSSR count). The van der Waals surface area contributed by atoms with Crippen LogP contribution in [0.4, 0.5) is 0 Å². The van der Waals surface area contributed by atoms with E-state index in [1.54, 1.807) is 0 Å². The monoisotopic (exact) mass is 359 g/mol. The molecule has 0 atom stereocenters. The highest BCUT2D eigenvalue weighted by molar-refractivity contribution is 7.91. The first-order valence-corrected chi connectivity index (χ1v) is 8.37. The summed E-state index contributed by atoms with van der Waals surface area (Å²) in [5, 5.41) is 5.78. The van der Waals surface area contributed by atoms with Crippen molar-refractivity contribution in [1.29, 1.82) is 0 Å². The Morgan fingerprint density at radius 3 is 2.65 bits per heavy atom. The normalized spacial score (nSPS) is 15.2. The number of carbonyl (C=O) groups is 1. The molecule has 1 fully saturated rings. The zero-order valence-electron chi connectivity index (χ0n) is 10.4. The Bertz CT molecular complexity index is 558. The molecular weight excluding hydrogens is 345 g/mol. The Hall–Kier alpha value is -0.380. The topological polar surface area (TPSA) is 87.3 Å². The molecule has 1 aromatic heterocycles. The van der Waals surface area contributed by atoms with E-state index in [1.165, 1.54) is 12.1 Å². The molecule has 0 radical (unpaired) electrons. The lowest BCUT2D eigenvalue weighted by atomic mass is 10.0. The van der Waals surface area contributed by atoms with Crippen LogP contribution >= 0.6 is 35.3 Å². The van der Waals surface area contributed by atoms with Gasteiger partial charge in [0.25, 0.3) is 10.0 Å². The quantitative estimate of drug-likeness (QED) is 0.687. The number of sulfonamides is 1. The second kappa shape index (κ2) is 7.58. The minimum atomic E-state index is -3.65. The number of rotatable bonds is 6. The lowest BCUT2D eigenvalue weighted by Gasteiger charge is -2.27. The Labute approximate surface area is 132 Å². The number of halogens is 2. The number of carbonyl (C=O) groups excluding carboxylic acids is 1. The van der Waals surface area contributed by atoms with Crippen LogP contribution < -0.4 is 15.4 Å². The smallest absolute Gasteiger partial charge is 0.250 e. The lowest BCUT2D eigenvalue weighted by molar-refractivity contribution is -0.120. The minimum Gasteiger partial charge on any atom is -0.355 e. The molecule has 1 saturated heterocycles. The predicted molar refractivity (Wildman–Crippen MR) is 81.1 cm³/mol. The molecule has 0 bridgehead atoms. The molecular formula is C10H15Cl2N3O3S2. The van der Waals surface area contributed by atoms with E-state index < -0.39 is 10.0 Å². The van der Waals surface area contributed by atoms with E-state index in [1.807, 2.05) is 0 Å². The second-order valence-electron chi connectivity index (χ2n) is 4.21. The number of hydrogen-bond donors (Lipinski definition) is 3. The standard InChI is InChI=1S/C10H14ClN3O3S2.ClH/c11-8-1-2-10(18-8)19(16,17)14-6-9(15)13-5-7-3-12-4-7;/h1-2,7,12,14H,3-6H2,(H,13,15);1H. The summed E-state index contributed by atoms with van der Waals surface area (Å²) in [7, 11) is -3.65. The maximum absolute atomic E-state index is 11.8. The molecule has 1 amide bonds. The number of thiophene rings is 1. The van der Waals surface area contributed by atoms with Crippen molar-refractivity contribution in [3.63, 3.8) is 0 Å². The molecule has 0 saturated carbocycles. The molecule has 1 aliphatic rings. The van der Waals surface area contributed by atoms with Gasteiger partial charge in [-0.05, 0) is 12.1 Å². The van der Waals surface area contributed by atoms with E-state index in [9.17, 15) is 13.2 Å². The van der Waals surface area contributed by atoms with E-state index in [4.69, 9.17) is 11.6 Å². The van der Waals surface area contributed by atoms with Gasteiger partial charge in [0.2, 0.25) is 5.91 Å². The summed E-state index contributed by atoms with van der Waals surface area (Å²) in [4.78, 5) is 11.5. The van der Waals surface area contributed by atoms with Gasteiger partial charge in [-0.1, -0.05) is 11.6 Å². The van der Waals surface area contributed by atoms with Crippen LogP contribution in [0, 0.1) is 5.92 Å². The Kier molecular flexibility index (Phi) is 6.70. The highest BCUT2D eigenvalue weighted by atomic mass is 35.5. The zero-order chi connectivity index (χ0) is 13.9. The maximum atomic E-state index is 11.8. The SMILES string of the molecule is Cl.O=C(CNS(=O)(=O)c1ccc(Cl)s1)NCC1CNC1. The number of hydrogen-bond acceptors (Lipinski definition) is 5. The van der Waals surface area contributed by atoms with Crippen molar-refractivity contribution in [2.24, 2.45) is 5.92 Å². The molecule has 2 heterocycles. The summed E-state index contributed by atoms with van der Waals surface area (Å²) < 4.78 is 26.4. The fourth-order valence-corrected chi connectivity index (χ4v) is 4.00. The highest BCUT2D eigenvalue weighted by Crippen LogP contribution is 2.25. The Morgan fingerprint density at radius 2 is 2.15 bits per heavy atom. The van der Waals surface area contributed by atoms with Crippen LogP contribution in [-0.4, -0.2) is 40.5 Å². The van der Waals surface area contributed by atoms with Gasteiger partial charge < -0.3 is 10.6 Å². The van der Waals surface area contributed by atoms with Crippen molar-refractivity contribution in [3.8, 4) is 0 Å². The van der Waals surface area contributed by atoms with E-state index in [-0.39, 0.29) is 29.1 Å². The molecule has 0 spiro atoms. The molecule has 3 N–H and O–H groups in total. The predicted octanol–water partition coefficient (Wildman–Crippen LogP) is 0.437. The molecule has 0 unspecified atom stereocenters. The van der Waals surface area contributed by atoms with Crippen molar-refractivity contribution in [2.75, 3.05) is 26.2 Å². The Balaban J connectivity index is 0.00000200. The summed E-state index contributed by atoms with van der Waals surface area (Å²) in [6, 6.07) is 2.91. The number of nitrogens with one attached hydrogen (secondary N) is 3. The highest BCUT2D eigenvalue weighted by Gasteiger charge is 2.19. The third-order valence-electron chi connectivity index (χ3n) is 2.69. The average Bonchev–Trinajstić information content (AvgIpc) is 2.72. The van der Waals surface area contributed by atoms with Crippen molar-refractivity contribution >= 4 is 51.3 Å². The van der Waals surface area contributed by atoms with E-state index in [0.29, 0.717) is 16.8 Å². The van der Waals surface area contributed by atoms with Crippen molar-refractivity contribution in [2.45, 2.75) is 4.21 Å². The summed E-state index contributed by atoms with van der Waals surface area (Å²) in [5.74, 6) is 0.106. The van der Waals surface area contributed by atoms with Gasteiger partial charge in [0.05, 0.1) is 10.9 Å². The molecule has 1 aromatic rings. The minimum absolute atomic E-state index is 0. The van der Waals surface area contributed by atoms with Crippen LogP contribution in [0.25, 0.3) is 0 Å². The molecule has 6 nitrogen and oxygen atoms in total. The van der Waals surface area contributed by atoms with Crippen molar-refractivity contribution < 1.29 is 13.2 Å². The van der Waals surface area contributed by atoms with Gasteiger partial charge >= 0.3 is 0 Å². The summed E-state index contributed by atoms with van der Waals surface area (Å²) in [6.45, 7) is 2.08. The van der Waals surface area contributed by atoms with Crippen molar-refractivity contribution in [3.05, 3.63) is 16.5 Å². The first kappa shape index (κ1) is 17.7. The van der Waals surface area contributed by atoms with E-state index in [2.05, 4.69) is 15.4 Å². The largest absolute Gasteiger partial charge is 0.355 e. The summed E-state index contributed by atoms with van der Waals surface area (Å²) in [6.07, 6.45) is 0. The first-order valence-electron chi connectivity index (χ1n) is 5.70. The first-order chi connectivity index (χ1) is 8.97. The second-order valence-corrected chi connectivity index (χ2v) is 7.92. The van der Waals surface area contributed by atoms with Crippen LogP contribution in [0.15, 0.2) is 16.3 Å². The molecule has 0 aliphatic carbocycles. The van der Waals surface area contributed by atoms with Gasteiger partial charge in [0.15, 0.2) is 0 Å². The summed E-state index contributed by atoms with van der Waals surface area (Å²) in [5.41, 5.74) is 0. The van der Waals surface area contributed by atoms with Crippen LogP contribution in [0.2, 0.25) is 4.34 Å². The van der Waals surface area contributed by atoms with Gasteiger partial charge in [-0.2, -0.15) is 0 Å². The van der Waals surface area contributed by atoms with E-state index >= 15 is 0 Å². The fraction of sp³-hybridized carbons (Fsp3) is 0.500. The molecule has 114 valence electrons. The van der Waals surface area contributed by atoms with Crippen LogP contribution in [0.3, 0.4) is 0 Å². The molecule has 1 aliphatic heterocycles. The third kappa shape index (κ3) is 4.87. The molecule has 0 aromatic carbocycles. The molecule has 10 heteroatoms. The van der Waals surface area contributed by atoms with Gasteiger partial charge in [-0.15, -0.1) is 23.7 Å². The molecule has 20 heavy (non-hydrogen) atoms. The summed E-state index contributed by atoms with van der Waals surface area (Å²) >= 11 is 6.63. The maximum Gasteiger partial charge on any atom is 0.250 e. The third-order valence-corrected chi connectivity index (χ3v) is 5.81. The van der Waals surface area contributed by atoms with Gasteiger partial charge in [0, 0.05) is 25.6 Å². The average molecular weight is 360 g/mol. The van der Waals surface area contributed by atoms with Crippen molar-refractivity contribution in [1.82, 2.24) is 15.4 Å². The Morgan fingerprint density at radius 1 is 1.45 bits per heavy atom. The van der Waals surface area contributed by atoms with Gasteiger partial charge in [0.1, 0.15) is 4.21 Å². The van der Waals surface area contributed by atoms with Gasteiger partial charge in [-0.25, -0.2) is 13.1 Å². The zero-order valence-corrected chi connectivity index (χ0v) is 13.6.